The number of hydrogen-bond donors (Lipinski definition) is 2. The van der Waals surface area contributed by atoms with Gasteiger partial charge >= 0.3 is 12.0 Å². The third kappa shape index (κ3) is 10.6. The summed E-state index contributed by atoms with van der Waals surface area (Å²) < 4.78 is 12.2. The normalized spacial score (nSPS) is 18.3. The largest absolute Gasteiger partial charge is 0.478 e. The van der Waals surface area contributed by atoms with E-state index in [1.807, 2.05) is 30.0 Å². The molecule has 1 aromatic carbocycles. The quantitative estimate of drug-likeness (QED) is 0.349. The lowest BCUT2D eigenvalue weighted by molar-refractivity contribution is -0.0152. The summed E-state index contributed by atoms with van der Waals surface area (Å²) in [5.41, 5.74) is 1.84. The van der Waals surface area contributed by atoms with Crippen LogP contribution in [0.2, 0.25) is 0 Å². The molecular formula is C28H46N2O5. The Bertz CT molecular complexity index is 805. The van der Waals surface area contributed by atoms with Gasteiger partial charge in [0, 0.05) is 26.2 Å². The fourth-order valence-electron chi connectivity index (χ4n) is 4.67. The number of nitrogens with zero attached hydrogens (tertiary/aromatic N) is 1. The number of carboxylic acids is 1. The van der Waals surface area contributed by atoms with Crippen molar-refractivity contribution in [2.45, 2.75) is 85.9 Å². The molecule has 0 spiro atoms. The molecular weight excluding hydrogens is 444 g/mol. The molecule has 2 rings (SSSR count). The predicted molar refractivity (Wildman–Crippen MR) is 139 cm³/mol. The lowest BCUT2D eigenvalue weighted by atomic mass is 9.88. The van der Waals surface area contributed by atoms with Crippen molar-refractivity contribution in [1.82, 2.24) is 10.2 Å². The molecule has 1 aromatic rings. The molecule has 1 aliphatic rings. The van der Waals surface area contributed by atoms with Crippen molar-refractivity contribution in [3.8, 4) is 0 Å². The number of amides is 2. The van der Waals surface area contributed by atoms with Crippen molar-refractivity contribution < 1.29 is 24.2 Å². The first-order chi connectivity index (χ1) is 16.6. The van der Waals surface area contributed by atoms with Crippen LogP contribution in [0.15, 0.2) is 18.2 Å². The summed E-state index contributed by atoms with van der Waals surface area (Å²) in [6.45, 7) is 13.8. The first-order valence-electron chi connectivity index (χ1n) is 13.1. The molecule has 2 N–H and O–H groups in total. The lowest BCUT2D eigenvalue weighted by Gasteiger charge is -2.32. The maximum Gasteiger partial charge on any atom is 0.336 e. The zero-order valence-electron chi connectivity index (χ0n) is 22.4. The Labute approximate surface area is 211 Å². The van der Waals surface area contributed by atoms with Gasteiger partial charge in [-0.15, -0.1) is 0 Å². The number of aryl methyl sites for hydroxylation is 1. The van der Waals surface area contributed by atoms with Crippen LogP contribution < -0.4 is 5.32 Å². The zero-order valence-corrected chi connectivity index (χ0v) is 22.4. The topological polar surface area (TPSA) is 88.1 Å². The molecule has 0 aliphatic heterocycles. The van der Waals surface area contributed by atoms with E-state index < -0.39 is 5.97 Å². The van der Waals surface area contributed by atoms with E-state index in [1.54, 1.807) is 0 Å². The Morgan fingerprint density at radius 2 is 2.00 bits per heavy atom. The van der Waals surface area contributed by atoms with Crippen LogP contribution in [0.5, 0.6) is 0 Å². The Morgan fingerprint density at radius 1 is 1.23 bits per heavy atom. The Hall–Kier alpha value is -2.12. The highest BCUT2D eigenvalue weighted by Crippen LogP contribution is 2.27. The molecule has 0 bridgehead atoms. The van der Waals surface area contributed by atoms with E-state index in [2.05, 4.69) is 33.0 Å². The van der Waals surface area contributed by atoms with Gasteiger partial charge in [0.15, 0.2) is 0 Å². The molecule has 198 valence electrons. The van der Waals surface area contributed by atoms with Gasteiger partial charge in [0.25, 0.3) is 0 Å². The fraction of sp³-hybridized carbons (Fsp3) is 0.714. The van der Waals surface area contributed by atoms with E-state index in [4.69, 9.17) is 9.47 Å². The smallest absolute Gasteiger partial charge is 0.336 e. The average molecular weight is 491 g/mol. The molecule has 1 fully saturated rings. The number of carbonyl (C=O) groups excluding carboxylic acids is 1. The number of rotatable bonds is 13. The summed E-state index contributed by atoms with van der Waals surface area (Å²) in [6.07, 6.45) is 6.36. The minimum Gasteiger partial charge on any atom is -0.478 e. The van der Waals surface area contributed by atoms with Crippen LogP contribution in [0.4, 0.5) is 4.79 Å². The third-order valence-corrected chi connectivity index (χ3v) is 6.39. The Morgan fingerprint density at radius 3 is 2.69 bits per heavy atom. The number of benzene rings is 1. The van der Waals surface area contributed by atoms with E-state index in [0.29, 0.717) is 50.9 Å². The Kier molecular flexibility index (Phi) is 12.0. The minimum absolute atomic E-state index is 0.0104. The van der Waals surface area contributed by atoms with Crippen molar-refractivity contribution in [1.29, 1.82) is 0 Å². The molecule has 7 heteroatoms. The van der Waals surface area contributed by atoms with Gasteiger partial charge < -0.3 is 24.8 Å². The number of carboxylic acid groups (broad SMARTS) is 1. The number of hydrogen-bond acceptors (Lipinski definition) is 4. The van der Waals surface area contributed by atoms with Gasteiger partial charge in [0.1, 0.15) is 0 Å². The van der Waals surface area contributed by atoms with Crippen LogP contribution in [0, 0.1) is 18.3 Å². The standard InChI is InChI=1S/C28H46N2O5/c1-6-7-14-29-27(33)30(20-28(3,4)5)15-16-35-24-13-9-11-22(17-24)18-34-19-23-12-8-10-21(2)25(23)26(31)32/h8,10,12,22,24H,6-7,9,11,13-20H2,1-5H3,(H,29,33)(H,31,32)/t22?,24-/m0/s1. The fourth-order valence-corrected chi connectivity index (χ4v) is 4.67. The highest BCUT2D eigenvalue weighted by molar-refractivity contribution is 5.91. The summed E-state index contributed by atoms with van der Waals surface area (Å²) in [4.78, 5) is 26.1. The van der Waals surface area contributed by atoms with E-state index in [-0.39, 0.29) is 17.6 Å². The second-order valence-electron chi connectivity index (χ2n) is 11.0. The highest BCUT2D eigenvalue weighted by atomic mass is 16.5. The SMILES string of the molecule is CCCCNC(=O)N(CCO[C@H]1CCCC(COCc2cccc(C)c2C(=O)O)C1)CC(C)(C)C. The van der Waals surface area contributed by atoms with Crippen molar-refractivity contribution in [2.24, 2.45) is 11.3 Å². The van der Waals surface area contributed by atoms with Crippen LogP contribution >= 0.6 is 0 Å². The van der Waals surface area contributed by atoms with Crippen LogP contribution in [-0.2, 0) is 16.1 Å². The first kappa shape index (κ1) is 29.1. The number of ether oxygens (including phenoxy) is 2. The molecule has 0 heterocycles. The van der Waals surface area contributed by atoms with Gasteiger partial charge in [-0.3, -0.25) is 0 Å². The first-order valence-corrected chi connectivity index (χ1v) is 13.1. The van der Waals surface area contributed by atoms with Crippen molar-refractivity contribution >= 4 is 12.0 Å². The molecule has 35 heavy (non-hydrogen) atoms. The molecule has 2 atom stereocenters. The van der Waals surface area contributed by atoms with Crippen LogP contribution in [-0.4, -0.2) is 61.0 Å². The number of aromatic carboxylic acids is 1. The van der Waals surface area contributed by atoms with Crippen LogP contribution in [0.3, 0.4) is 0 Å². The van der Waals surface area contributed by atoms with E-state index in [0.717, 1.165) is 49.7 Å². The summed E-state index contributed by atoms with van der Waals surface area (Å²) in [5, 5.41) is 12.5. The summed E-state index contributed by atoms with van der Waals surface area (Å²) in [5.74, 6) is -0.512. The third-order valence-electron chi connectivity index (χ3n) is 6.39. The van der Waals surface area contributed by atoms with Gasteiger partial charge in [-0.05, 0) is 55.1 Å². The monoisotopic (exact) mass is 490 g/mol. The van der Waals surface area contributed by atoms with Gasteiger partial charge in [0.05, 0.1) is 24.9 Å². The minimum atomic E-state index is -0.910. The number of carbonyl (C=O) groups is 2. The predicted octanol–water partition coefficient (Wildman–Crippen LogP) is 5.64. The van der Waals surface area contributed by atoms with Gasteiger partial charge in [-0.25, -0.2) is 9.59 Å². The maximum atomic E-state index is 12.7. The maximum absolute atomic E-state index is 12.7. The molecule has 0 saturated heterocycles. The van der Waals surface area contributed by atoms with Crippen LogP contribution in [0.25, 0.3) is 0 Å². The second-order valence-corrected chi connectivity index (χ2v) is 11.0. The molecule has 0 radical (unpaired) electrons. The number of nitrogens with one attached hydrogen (secondary N) is 1. The van der Waals surface area contributed by atoms with Gasteiger partial charge in [-0.1, -0.05) is 58.7 Å². The second kappa shape index (κ2) is 14.4. The van der Waals surface area contributed by atoms with Crippen LogP contribution in [0.1, 0.15) is 87.7 Å². The summed E-state index contributed by atoms with van der Waals surface area (Å²) in [7, 11) is 0. The zero-order chi connectivity index (χ0) is 25.8. The molecule has 0 aromatic heterocycles. The van der Waals surface area contributed by atoms with Crippen molar-refractivity contribution in [3.63, 3.8) is 0 Å². The van der Waals surface area contributed by atoms with Gasteiger partial charge in [0.2, 0.25) is 0 Å². The Balaban J connectivity index is 1.79. The molecule has 2 amide bonds. The average Bonchev–Trinajstić information content (AvgIpc) is 2.78. The van der Waals surface area contributed by atoms with Crippen molar-refractivity contribution in [3.05, 3.63) is 34.9 Å². The summed E-state index contributed by atoms with van der Waals surface area (Å²) >= 11 is 0. The molecule has 1 unspecified atom stereocenters. The van der Waals surface area contributed by atoms with E-state index >= 15 is 0 Å². The molecule has 7 nitrogen and oxygen atoms in total. The molecule has 1 aliphatic carbocycles. The number of unbranched alkanes of at least 4 members (excludes halogenated alkanes) is 1. The lowest BCUT2D eigenvalue weighted by Crippen LogP contribution is -2.46. The van der Waals surface area contributed by atoms with E-state index in [1.165, 1.54) is 0 Å². The summed E-state index contributed by atoms with van der Waals surface area (Å²) in [6, 6.07) is 5.50. The number of urea groups is 1. The highest BCUT2D eigenvalue weighted by Gasteiger charge is 2.25. The molecule has 1 saturated carbocycles. The van der Waals surface area contributed by atoms with Gasteiger partial charge in [-0.2, -0.15) is 0 Å². The van der Waals surface area contributed by atoms with E-state index in [9.17, 15) is 14.7 Å². The van der Waals surface area contributed by atoms with Crippen molar-refractivity contribution in [2.75, 3.05) is 32.8 Å².